The van der Waals surface area contributed by atoms with Gasteiger partial charge in [-0.2, -0.15) is 4.31 Å². The van der Waals surface area contributed by atoms with Crippen molar-refractivity contribution in [1.82, 2.24) is 4.31 Å². The van der Waals surface area contributed by atoms with Gasteiger partial charge >= 0.3 is 0 Å². The Morgan fingerprint density at radius 2 is 1.81 bits per heavy atom. The topological polar surface area (TPSA) is 66.5 Å². The maximum atomic E-state index is 13.6. The predicted octanol–water partition coefficient (Wildman–Crippen LogP) is 3.73. The summed E-state index contributed by atoms with van der Waals surface area (Å²) in [5, 5.41) is 2.59. The highest BCUT2D eigenvalue weighted by Gasteiger charge is 2.21. The number of hydrogen-bond donors (Lipinski definition) is 1. The zero-order chi connectivity index (χ0) is 20.0. The molecule has 2 aromatic rings. The van der Waals surface area contributed by atoms with Crippen molar-refractivity contribution in [2.24, 2.45) is 0 Å². The smallest absolute Gasteiger partial charge is 0.243 e. The van der Waals surface area contributed by atoms with E-state index in [9.17, 15) is 22.0 Å². The fourth-order valence-corrected chi connectivity index (χ4v) is 4.60. The molecule has 0 aliphatic heterocycles. The molecule has 0 saturated heterocycles. The Bertz CT molecular complexity index is 917. The van der Waals surface area contributed by atoms with Crippen LogP contribution in [0.1, 0.15) is 13.8 Å². The Hall–Kier alpha value is -1.97. The monoisotopic (exact) mass is 414 g/mol. The lowest BCUT2D eigenvalue weighted by atomic mass is 10.3. The lowest BCUT2D eigenvalue weighted by molar-refractivity contribution is -0.113. The summed E-state index contributed by atoms with van der Waals surface area (Å²) < 4.78 is 52.9. The van der Waals surface area contributed by atoms with E-state index in [-0.39, 0.29) is 15.5 Å². The molecule has 0 fully saturated rings. The number of thioether (sulfide) groups is 1. The van der Waals surface area contributed by atoms with Crippen LogP contribution in [0.4, 0.5) is 14.5 Å². The molecular formula is C18H20F2N2O3S2. The lowest BCUT2D eigenvalue weighted by Gasteiger charge is -2.18. The van der Waals surface area contributed by atoms with Crippen LogP contribution in [0.2, 0.25) is 0 Å². The van der Waals surface area contributed by atoms with Crippen LogP contribution in [-0.2, 0) is 14.8 Å². The lowest BCUT2D eigenvalue weighted by Crippen LogP contribution is -2.30. The number of nitrogens with one attached hydrogen (secondary N) is 1. The quantitative estimate of drug-likeness (QED) is 0.669. The van der Waals surface area contributed by atoms with Crippen molar-refractivity contribution in [2.45, 2.75) is 23.6 Å². The highest BCUT2D eigenvalue weighted by Crippen LogP contribution is 2.23. The number of anilines is 1. The van der Waals surface area contributed by atoms with Crippen LogP contribution >= 0.6 is 11.8 Å². The number of hydrogen-bond acceptors (Lipinski definition) is 4. The number of halogens is 2. The molecule has 1 amide bonds. The minimum Gasteiger partial charge on any atom is -0.325 e. The Balaban J connectivity index is 2.06. The van der Waals surface area contributed by atoms with Crippen LogP contribution in [0.15, 0.2) is 52.3 Å². The van der Waals surface area contributed by atoms with Crippen molar-refractivity contribution < 1.29 is 22.0 Å². The van der Waals surface area contributed by atoms with Crippen LogP contribution in [0.25, 0.3) is 0 Å². The molecule has 0 aliphatic rings. The zero-order valence-electron chi connectivity index (χ0n) is 14.9. The van der Waals surface area contributed by atoms with Crippen LogP contribution in [0.5, 0.6) is 0 Å². The van der Waals surface area contributed by atoms with E-state index >= 15 is 0 Å². The number of carbonyl (C=O) groups is 1. The first-order valence-electron chi connectivity index (χ1n) is 8.25. The first-order chi connectivity index (χ1) is 12.8. The van der Waals surface area contributed by atoms with Gasteiger partial charge in [-0.3, -0.25) is 4.79 Å². The second-order valence-corrected chi connectivity index (χ2v) is 8.48. The highest BCUT2D eigenvalue weighted by atomic mass is 32.2. The third-order valence-electron chi connectivity index (χ3n) is 3.71. The van der Waals surface area contributed by atoms with Crippen molar-refractivity contribution in [3.8, 4) is 0 Å². The molecule has 0 unspecified atom stereocenters. The van der Waals surface area contributed by atoms with E-state index in [1.165, 1.54) is 22.5 Å². The Morgan fingerprint density at radius 3 is 2.44 bits per heavy atom. The van der Waals surface area contributed by atoms with Gasteiger partial charge < -0.3 is 5.32 Å². The van der Waals surface area contributed by atoms with E-state index in [1.54, 1.807) is 26.0 Å². The minimum atomic E-state index is -3.63. The van der Waals surface area contributed by atoms with E-state index in [1.807, 2.05) is 0 Å². The molecule has 0 atom stereocenters. The average molecular weight is 414 g/mol. The van der Waals surface area contributed by atoms with Crippen LogP contribution < -0.4 is 5.32 Å². The summed E-state index contributed by atoms with van der Waals surface area (Å²) in [6, 6.07) is 9.09. The molecule has 2 aromatic carbocycles. The summed E-state index contributed by atoms with van der Waals surface area (Å²) in [5.74, 6) is -1.95. The maximum Gasteiger partial charge on any atom is 0.243 e. The largest absolute Gasteiger partial charge is 0.325 e. The standard InChI is InChI=1S/C18H20F2N2O3S2/c1-3-22(4-2)27(24,25)15-7-5-6-14(11-15)21-18(23)12-26-17-9-8-13(19)10-16(17)20/h5-11H,3-4,12H2,1-2H3,(H,21,23). The average Bonchev–Trinajstić information content (AvgIpc) is 2.62. The van der Waals surface area contributed by atoms with E-state index in [0.717, 1.165) is 23.9 Å². The highest BCUT2D eigenvalue weighted by molar-refractivity contribution is 8.00. The molecule has 0 aromatic heterocycles. The molecule has 0 bridgehead atoms. The molecule has 2 rings (SSSR count). The van der Waals surface area contributed by atoms with Gasteiger partial charge in [0.1, 0.15) is 11.6 Å². The molecule has 146 valence electrons. The van der Waals surface area contributed by atoms with Crippen LogP contribution in [0, 0.1) is 11.6 Å². The molecule has 0 aliphatic carbocycles. The third-order valence-corrected chi connectivity index (χ3v) is 6.81. The van der Waals surface area contributed by atoms with E-state index in [4.69, 9.17) is 0 Å². The van der Waals surface area contributed by atoms with E-state index < -0.39 is 27.6 Å². The summed E-state index contributed by atoms with van der Waals surface area (Å²) >= 11 is 0.925. The zero-order valence-corrected chi connectivity index (χ0v) is 16.5. The van der Waals surface area contributed by atoms with Gasteiger partial charge in [-0.1, -0.05) is 19.9 Å². The first-order valence-corrected chi connectivity index (χ1v) is 10.7. The number of nitrogens with zero attached hydrogens (tertiary/aromatic N) is 1. The molecule has 1 N–H and O–H groups in total. The van der Waals surface area contributed by atoms with Crippen molar-refractivity contribution in [2.75, 3.05) is 24.2 Å². The number of sulfonamides is 1. The van der Waals surface area contributed by atoms with Gasteiger partial charge in [-0.05, 0) is 30.3 Å². The van der Waals surface area contributed by atoms with Gasteiger partial charge in [0.05, 0.1) is 10.6 Å². The van der Waals surface area contributed by atoms with Crippen LogP contribution in [0.3, 0.4) is 0 Å². The van der Waals surface area contributed by atoms with E-state index in [0.29, 0.717) is 18.8 Å². The van der Waals surface area contributed by atoms with Crippen molar-refractivity contribution in [3.05, 3.63) is 54.1 Å². The summed E-state index contributed by atoms with van der Waals surface area (Å²) in [7, 11) is -3.63. The van der Waals surface area contributed by atoms with Gasteiger partial charge in [0.2, 0.25) is 15.9 Å². The van der Waals surface area contributed by atoms with Gasteiger partial charge in [-0.25, -0.2) is 17.2 Å². The minimum absolute atomic E-state index is 0.0845. The molecule has 27 heavy (non-hydrogen) atoms. The summed E-state index contributed by atoms with van der Waals surface area (Å²) in [4.78, 5) is 12.3. The van der Waals surface area contributed by atoms with Gasteiger partial charge in [0, 0.05) is 29.7 Å². The molecule has 9 heteroatoms. The van der Waals surface area contributed by atoms with Gasteiger partial charge in [-0.15, -0.1) is 11.8 Å². The van der Waals surface area contributed by atoms with Crippen molar-refractivity contribution in [1.29, 1.82) is 0 Å². The summed E-state index contributed by atoms with van der Waals surface area (Å²) in [6.07, 6.45) is 0. The molecule has 0 spiro atoms. The maximum absolute atomic E-state index is 13.6. The molecular weight excluding hydrogens is 394 g/mol. The second-order valence-electron chi connectivity index (χ2n) is 5.53. The normalized spacial score (nSPS) is 11.6. The van der Waals surface area contributed by atoms with Crippen molar-refractivity contribution >= 4 is 33.4 Å². The fourth-order valence-electron chi connectivity index (χ4n) is 2.38. The molecule has 0 radical (unpaired) electrons. The SMILES string of the molecule is CCN(CC)S(=O)(=O)c1cccc(NC(=O)CSc2ccc(F)cc2F)c1. The number of carbonyl (C=O) groups excluding carboxylic acids is 1. The first kappa shape index (κ1) is 21.3. The summed E-state index contributed by atoms with van der Waals surface area (Å²) in [6.45, 7) is 4.18. The number of amides is 1. The Labute approximate surface area is 161 Å². The van der Waals surface area contributed by atoms with Gasteiger partial charge in [0.15, 0.2) is 0 Å². The Kier molecular flexibility index (Phi) is 7.34. The number of rotatable bonds is 8. The molecule has 5 nitrogen and oxygen atoms in total. The van der Waals surface area contributed by atoms with Crippen molar-refractivity contribution in [3.63, 3.8) is 0 Å². The van der Waals surface area contributed by atoms with E-state index in [2.05, 4.69) is 5.32 Å². The molecule has 0 heterocycles. The van der Waals surface area contributed by atoms with Gasteiger partial charge in [0.25, 0.3) is 0 Å². The summed E-state index contributed by atoms with van der Waals surface area (Å²) in [5.41, 5.74) is 0.327. The number of benzene rings is 2. The second kappa shape index (κ2) is 9.29. The van der Waals surface area contributed by atoms with Crippen LogP contribution in [-0.4, -0.2) is 37.5 Å². The Morgan fingerprint density at radius 1 is 1.11 bits per heavy atom. The fraction of sp³-hybridized carbons (Fsp3) is 0.278. The molecule has 0 saturated carbocycles. The predicted molar refractivity (Wildman–Crippen MR) is 102 cm³/mol. The third kappa shape index (κ3) is 5.50.